The maximum Gasteiger partial charge on any atom is 0.241 e. The van der Waals surface area contributed by atoms with Crippen LogP contribution in [0.1, 0.15) is 6.92 Å². The molecule has 1 aliphatic heterocycles. The lowest BCUT2D eigenvalue weighted by Crippen LogP contribution is -2.53. The quantitative estimate of drug-likeness (QED) is 0.682. The SMILES string of the molecule is COc1cc(NC(=O)[C@H](C)N2CCN(CCOc3ccccc3)CC2)cc(OC)c1. The summed E-state index contributed by atoms with van der Waals surface area (Å²) in [4.78, 5) is 17.3. The van der Waals surface area contributed by atoms with Gasteiger partial charge in [0.1, 0.15) is 23.9 Å². The van der Waals surface area contributed by atoms with E-state index in [0.717, 1.165) is 38.5 Å². The normalized spacial score (nSPS) is 16.0. The number of para-hydroxylation sites is 1. The maximum absolute atomic E-state index is 12.8. The van der Waals surface area contributed by atoms with Crippen molar-refractivity contribution in [2.75, 3.05) is 58.9 Å². The van der Waals surface area contributed by atoms with Crippen LogP contribution in [0.25, 0.3) is 0 Å². The van der Waals surface area contributed by atoms with Crippen molar-refractivity contribution in [3.8, 4) is 17.2 Å². The van der Waals surface area contributed by atoms with E-state index in [2.05, 4.69) is 15.1 Å². The molecule has 2 aromatic rings. The van der Waals surface area contributed by atoms with Gasteiger partial charge in [-0.1, -0.05) is 18.2 Å². The summed E-state index contributed by atoms with van der Waals surface area (Å²) in [7, 11) is 3.18. The highest BCUT2D eigenvalue weighted by molar-refractivity contribution is 5.95. The molecule has 30 heavy (non-hydrogen) atoms. The molecule has 0 bridgehead atoms. The molecule has 1 amide bonds. The predicted molar refractivity (Wildman–Crippen MR) is 118 cm³/mol. The van der Waals surface area contributed by atoms with Crippen LogP contribution in [0, 0.1) is 0 Å². The lowest BCUT2D eigenvalue weighted by molar-refractivity contribution is -0.121. The maximum atomic E-state index is 12.8. The Kier molecular flexibility index (Phi) is 7.93. The van der Waals surface area contributed by atoms with E-state index in [4.69, 9.17) is 14.2 Å². The first-order chi connectivity index (χ1) is 14.6. The van der Waals surface area contributed by atoms with E-state index in [1.54, 1.807) is 32.4 Å². The number of carbonyl (C=O) groups is 1. The van der Waals surface area contributed by atoms with E-state index in [9.17, 15) is 4.79 Å². The van der Waals surface area contributed by atoms with Crippen LogP contribution in [-0.2, 0) is 4.79 Å². The van der Waals surface area contributed by atoms with Gasteiger partial charge in [0, 0.05) is 56.6 Å². The zero-order valence-corrected chi connectivity index (χ0v) is 18.0. The Balaban J connectivity index is 1.44. The van der Waals surface area contributed by atoms with Gasteiger partial charge in [0.2, 0.25) is 5.91 Å². The number of nitrogens with zero attached hydrogens (tertiary/aromatic N) is 2. The number of amides is 1. The Hall–Kier alpha value is -2.77. The van der Waals surface area contributed by atoms with E-state index >= 15 is 0 Å². The summed E-state index contributed by atoms with van der Waals surface area (Å²) in [5.74, 6) is 2.15. The molecule has 1 atom stereocenters. The Morgan fingerprint density at radius 2 is 1.60 bits per heavy atom. The van der Waals surface area contributed by atoms with Crippen molar-refractivity contribution in [1.82, 2.24) is 9.80 Å². The van der Waals surface area contributed by atoms with Gasteiger partial charge in [0.25, 0.3) is 0 Å². The third-order valence-electron chi connectivity index (χ3n) is 5.37. The fourth-order valence-electron chi connectivity index (χ4n) is 3.48. The van der Waals surface area contributed by atoms with E-state index in [-0.39, 0.29) is 11.9 Å². The molecule has 7 nitrogen and oxygen atoms in total. The first-order valence-electron chi connectivity index (χ1n) is 10.3. The average Bonchev–Trinajstić information content (AvgIpc) is 2.79. The number of piperazine rings is 1. The van der Waals surface area contributed by atoms with Crippen LogP contribution in [0.15, 0.2) is 48.5 Å². The number of hydrogen-bond donors (Lipinski definition) is 1. The lowest BCUT2D eigenvalue weighted by Gasteiger charge is -2.37. The van der Waals surface area contributed by atoms with Gasteiger partial charge in [0.05, 0.1) is 20.3 Å². The molecule has 1 fully saturated rings. The molecule has 2 aromatic carbocycles. The molecule has 1 heterocycles. The first-order valence-corrected chi connectivity index (χ1v) is 10.3. The van der Waals surface area contributed by atoms with Crippen LogP contribution in [0.3, 0.4) is 0 Å². The first kappa shape index (κ1) is 21.9. The summed E-state index contributed by atoms with van der Waals surface area (Å²) in [6.45, 7) is 7.03. The molecule has 1 aliphatic rings. The lowest BCUT2D eigenvalue weighted by atomic mass is 10.2. The second-order valence-electron chi connectivity index (χ2n) is 7.31. The van der Waals surface area contributed by atoms with Crippen LogP contribution in [0.5, 0.6) is 17.2 Å². The number of rotatable bonds is 9. The molecule has 0 aromatic heterocycles. The van der Waals surface area contributed by atoms with Crippen LogP contribution >= 0.6 is 0 Å². The summed E-state index contributed by atoms with van der Waals surface area (Å²) in [5, 5.41) is 2.98. The van der Waals surface area contributed by atoms with Crippen LogP contribution in [0.2, 0.25) is 0 Å². The number of benzene rings is 2. The molecule has 162 valence electrons. The Bertz CT molecular complexity index is 785. The Labute approximate surface area is 178 Å². The summed E-state index contributed by atoms with van der Waals surface area (Å²) in [5.41, 5.74) is 0.666. The van der Waals surface area contributed by atoms with Gasteiger partial charge in [-0.05, 0) is 19.1 Å². The number of anilines is 1. The van der Waals surface area contributed by atoms with Crippen molar-refractivity contribution < 1.29 is 19.0 Å². The summed E-state index contributed by atoms with van der Waals surface area (Å²) < 4.78 is 16.3. The van der Waals surface area contributed by atoms with Crippen molar-refractivity contribution >= 4 is 11.6 Å². The minimum atomic E-state index is -0.218. The van der Waals surface area contributed by atoms with E-state index in [1.165, 1.54) is 0 Å². The van der Waals surface area contributed by atoms with E-state index in [0.29, 0.717) is 23.8 Å². The minimum absolute atomic E-state index is 0.0360. The second kappa shape index (κ2) is 10.8. The van der Waals surface area contributed by atoms with Crippen molar-refractivity contribution in [1.29, 1.82) is 0 Å². The summed E-state index contributed by atoms with van der Waals surface area (Å²) >= 11 is 0. The zero-order valence-electron chi connectivity index (χ0n) is 18.0. The molecule has 1 saturated heterocycles. The van der Waals surface area contributed by atoms with Gasteiger partial charge in [-0.25, -0.2) is 0 Å². The second-order valence-corrected chi connectivity index (χ2v) is 7.31. The molecule has 0 unspecified atom stereocenters. The topological polar surface area (TPSA) is 63.3 Å². The number of hydrogen-bond acceptors (Lipinski definition) is 6. The monoisotopic (exact) mass is 413 g/mol. The fourth-order valence-corrected chi connectivity index (χ4v) is 3.48. The summed E-state index contributed by atoms with van der Waals surface area (Å²) in [6, 6.07) is 15.0. The molecule has 0 spiro atoms. The van der Waals surface area contributed by atoms with Gasteiger partial charge >= 0.3 is 0 Å². The fraction of sp³-hybridized carbons (Fsp3) is 0.435. The van der Waals surface area contributed by atoms with Gasteiger partial charge < -0.3 is 19.5 Å². The highest BCUT2D eigenvalue weighted by Gasteiger charge is 2.25. The number of ether oxygens (including phenoxy) is 3. The highest BCUT2D eigenvalue weighted by Crippen LogP contribution is 2.26. The van der Waals surface area contributed by atoms with E-state index in [1.807, 2.05) is 37.3 Å². The van der Waals surface area contributed by atoms with Gasteiger partial charge in [-0.3, -0.25) is 14.6 Å². The third kappa shape index (κ3) is 6.11. The molecular formula is C23H31N3O4. The molecule has 1 N–H and O–H groups in total. The smallest absolute Gasteiger partial charge is 0.241 e. The standard InChI is InChI=1S/C23H31N3O4/c1-18(23(27)24-19-15-21(28-2)17-22(16-19)29-3)26-11-9-25(10-12-26)13-14-30-20-7-5-4-6-8-20/h4-8,15-18H,9-14H2,1-3H3,(H,24,27)/t18-/m0/s1. The summed E-state index contributed by atoms with van der Waals surface area (Å²) in [6.07, 6.45) is 0. The molecule has 0 radical (unpaired) electrons. The predicted octanol–water partition coefficient (Wildman–Crippen LogP) is 2.73. The van der Waals surface area contributed by atoms with Crippen molar-refractivity contribution in [3.63, 3.8) is 0 Å². The zero-order chi connectivity index (χ0) is 21.3. The number of methoxy groups -OCH3 is 2. The average molecular weight is 414 g/mol. The van der Waals surface area contributed by atoms with Crippen molar-refractivity contribution in [2.24, 2.45) is 0 Å². The van der Waals surface area contributed by atoms with Crippen molar-refractivity contribution in [2.45, 2.75) is 13.0 Å². The molecule has 0 saturated carbocycles. The third-order valence-corrected chi connectivity index (χ3v) is 5.37. The van der Waals surface area contributed by atoms with Crippen LogP contribution in [-0.4, -0.2) is 75.3 Å². The Morgan fingerprint density at radius 1 is 0.967 bits per heavy atom. The molecular weight excluding hydrogens is 382 g/mol. The van der Waals surface area contributed by atoms with Gasteiger partial charge in [-0.15, -0.1) is 0 Å². The largest absolute Gasteiger partial charge is 0.497 e. The number of nitrogens with one attached hydrogen (secondary N) is 1. The van der Waals surface area contributed by atoms with Gasteiger partial charge in [0.15, 0.2) is 0 Å². The van der Waals surface area contributed by atoms with Crippen molar-refractivity contribution in [3.05, 3.63) is 48.5 Å². The Morgan fingerprint density at radius 3 is 2.20 bits per heavy atom. The van der Waals surface area contributed by atoms with Gasteiger partial charge in [-0.2, -0.15) is 0 Å². The molecule has 0 aliphatic carbocycles. The number of carbonyl (C=O) groups excluding carboxylic acids is 1. The van der Waals surface area contributed by atoms with Crippen LogP contribution in [0.4, 0.5) is 5.69 Å². The van der Waals surface area contributed by atoms with E-state index < -0.39 is 0 Å². The molecule has 7 heteroatoms. The minimum Gasteiger partial charge on any atom is -0.497 e. The molecule has 3 rings (SSSR count). The highest BCUT2D eigenvalue weighted by atomic mass is 16.5. The van der Waals surface area contributed by atoms with Crippen LogP contribution < -0.4 is 19.5 Å².